The van der Waals surface area contributed by atoms with E-state index in [1.165, 1.54) is 12.3 Å². The number of hydrogen-bond donors (Lipinski definition) is 1. The van der Waals surface area contributed by atoms with Gasteiger partial charge >= 0.3 is 6.18 Å². The third kappa shape index (κ3) is 5.67. The van der Waals surface area contributed by atoms with E-state index in [0.29, 0.717) is 0 Å². The number of nitriles is 1. The third-order valence-electron chi connectivity index (χ3n) is 1.57. The Labute approximate surface area is 95.2 Å². The third-order valence-corrected chi connectivity index (χ3v) is 1.57. The van der Waals surface area contributed by atoms with Gasteiger partial charge in [-0.2, -0.15) is 18.4 Å². The monoisotopic (exact) mass is 246 g/mol. The van der Waals surface area contributed by atoms with E-state index in [2.05, 4.69) is 20.0 Å². The van der Waals surface area contributed by atoms with Gasteiger partial charge in [-0.1, -0.05) is 0 Å². The van der Waals surface area contributed by atoms with E-state index in [1.54, 1.807) is 0 Å². The first kappa shape index (κ1) is 13.2. The molecular formula is C9H9F3N4O. The molecule has 0 spiro atoms. The van der Waals surface area contributed by atoms with Crippen LogP contribution >= 0.6 is 0 Å². The number of ether oxygens (including phenoxy) is 1. The highest BCUT2D eigenvalue weighted by molar-refractivity contribution is 5.29. The Kier molecular flexibility index (Phi) is 4.66. The van der Waals surface area contributed by atoms with E-state index in [-0.39, 0.29) is 24.8 Å². The first-order chi connectivity index (χ1) is 8.01. The average Bonchev–Trinajstić information content (AvgIpc) is 2.27. The molecule has 1 aromatic rings. The average molecular weight is 246 g/mol. The molecule has 17 heavy (non-hydrogen) atoms. The minimum atomic E-state index is -4.32. The van der Waals surface area contributed by atoms with Crippen LogP contribution in [0.3, 0.4) is 0 Å². The molecule has 0 saturated heterocycles. The van der Waals surface area contributed by atoms with Crippen LogP contribution < -0.4 is 5.32 Å². The Morgan fingerprint density at radius 1 is 1.47 bits per heavy atom. The minimum absolute atomic E-state index is 0.125. The molecule has 8 heteroatoms. The fraction of sp³-hybridized carbons (Fsp3) is 0.444. The lowest BCUT2D eigenvalue weighted by Gasteiger charge is -2.08. The molecule has 0 fully saturated rings. The van der Waals surface area contributed by atoms with Crippen molar-refractivity contribution >= 4 is 5.95 Å². The highest BCUT2D eigenvalue weighted by Gasteiger charge is 2.27. The van der Waals surface area contributed by atoms with E-state index in [4.69, 9.17) is 5.26 Å². The van der Waals surface area contributed by atoms with Gasteiger partial charge in [-0.3, -0.25) is 0 Å². The molecule has 0 aliphatic carbocycles. The fourth-order valence-electron chi connectivity index (χ4n) is 0.929. The topological polar surface area (TPSA) is 70.8 Å². The van der Waals surface area contributed by atoms with Crippen LogP contribution in [0.5, 0.6) is 0 Å². The molecule has 0 aliphatic heterocycles. The summed E-state index contributed by atoms with van der Waals surface area (Å²) >= 11 is 0. The second kappa shape index (κ2) is 6.00. The first-order valence-electron chi connectivity index (χ1n) is 4.63. The summed E-state index contributed by atoms with van der Waals surface area (Å²) in [6, 6.07) is 3.24. The Morgan fingerprint density at radius 3 is 2.88 bits per heavy atom. The Bertz CT molecular complexity index is 402. The van der Waals surface area contributed by atoms with Gasteiger partial charge in [0.2, 0.25) is 5.95 Å². The van der Waals surface area contributed by atoms with Gasteiger partial charge in [-0.05, 0) is 6.07 Å². The van der Waals surface area contributed by atoms with Crippen molar-refractivity contribution in [3.63, 3.8) is 0 Å². The van der Waals surface area contributed by atoms with Crippen LogP contribution in [0.1, 0.15) is 5.69 Å². The Balaban J connectivity index is 2.25. The van der Waals surface area contributed by atoms with Crippen molar-refractivity contribution in [2.45, 2.75) is 6.18 Å². The lowest BCUT2D eigenvalue weighted by Crippen LogP contribution is -2.20. The summed E-state index contributed by atoms with van der Waals surface area (Å²) in [4.78, 5) is 7.56. The normalized spacial score (nSPS) is 10.9. The lowest BCUT2D eigenvalue weighted by atomic mass is 10.4. The van der Waals surface area contributed by atoms with Gasteiger partial charge in [0, 0.05) is 12.7 Å². The van der Waals surface area contributed by atoms with Crippen molar-refractivity contribution < 1.29 is 17.9 Å². The molecule has 92 valence electrons. The van der Waals surface area contributed by atoms with Crippen molar-refractivity contribution in [2.24, 2.45) is 0 Å². The van der Waals surface area contributed by atoms with Crippen LogP contribution in [-0.2, 0) is 4.74 Å². The molecule has 0 radical (unpaired) electrons. The predicted octanol–water partition coefficient (Wildman–Crippen LogP) is 1.34. The molecule has 1 rings (SSSR count). The van der Waals surface area contributed by atoms with Crippen LogP contribution in [0, 0.1) is 11.3 Å². The standard InChI is InChI=1S/C9H9F3N4O/c10-9(11,12)6-17-4-3-15-8-14-2-1-7(5-13)16-8/h1-2H,3-4,6H2,(H,14,15,16). The van der Waals surface area contributed by atoms with Gasteiger partial charge in [0.25, 0.3) is 0 Å². The summed E-state index contributed by atoms with van der Waals surface area (Å²) in [5.41, 5.74) is 0.179. The van der Waals surface area contributed by atoms with E-state index in [9.17, 15) is 13.2 Å². The summed E-state index contributed by atoms with van der Waals surface area (Å²) in [6.45, 7) is -1.28. The van der Waals surface area contributed by atoms with Gasteiger partial charge in [-0.15, -0.1) is 0 Å². The zero-order valence-corrected chi connectivity index (χ0v) is 8.66. The van der Waals surface area contributed by atoms with Crippen LogP contribution in [-0.4, -0.2) is 35.9 Å². The van der Waals surface area contributed by atoms with Crippen molar-refractivity contribution in [3.05, 3.63) is 18.0 Å². The molecule has 0 atom stereocenters. The highest BCUT2D eigenvalue weighted by atomic mass is 19.4. The van der Waals surface area contributed by atoms with Gasteiger partial charge in [0.05, 0.1) is 6.61 Å². The quantitative estimate of drug-likeness (QED) is 0.794. The van der Waals surface area contributed by atoms with Gasteiger partial charge in [0.1, 0.15) is 18.4 Å². The number of rotatable bonds is 5. The van der Waals surface area contributed by atoms with Crippen molar-refractivity contribution in [2.75, 3.05) is 25.1 Å². The van der Waals surface area contributed by atoms with E-state index in [0.717, 1.165) is 0 Å². The van der Waals surface area contributed by atoms with Crippen LogP contribution in [0.4, 0.5) is 19.1 Å². The van der Waals surface area contributed by atoms with Gasteiger partial charge in [0.15, 0.2) is 0 Å². The van der Waals surface area contributed by atoms with E-state index in [1.807, 2.05) is 6.07 Å². The van der Waals surface area contributed by atoms with Crippen LogP contribution in [0.2, 0.25) is 0 Å². The molecule has 1 heterocycles. The van der Waals surface area contributed by atoms with E-state index < -0.39 is 12.8 Å². The number of aromatic nitrogens is 2. The Morgan fingerprint density at radius 2 is 2.24 bits per heavy atom. The number of nitrogens with zero attached hydrogens (tertiary/aromatic N) is 3. The molecule has 0 unspecified atom stereocenters. The molecule has 5 nitrogen and oxygen atoms in total. The SMILES string of the molecule is N#Cc1ccnc(NCCOCC(F)(F)F)n1. The minimum Gasteiger partial charge on any atom is -0.370 e. The second-order valence-corrected chi connectivity index (χ2v) is 2.97. The zero-order valence-electron chi connectivity index (χ0n) is 8.66. The van der Waals surface area contributed by atoms with Crippen molar-refractivity contribution in [1.82, 2.24) is 9.97 Å². The summed E-state index contributed by atoms with van der Waals surface area (Å²) < 4.78 is 39.5. The molecule has 1 N–H and O–H groups in total. The van der Waals surface area contributed by atoms with Crippen molar-refractivity contribution in [1.29, 1.82) is 5.26 Å². The molecule has 0 bridgehead atoms. The maximum absolute atomic E-state index is 11.7. The van der Waals surface area contributed by atoms with Crippen LogP contribution in [0.15, 0.2) is 12.3 Å². The molecule has 0 saturated carbocycles. The fourth-order valence-corrected chi connectivity index (χ4v) is 0.929. The maximum atomic E-state index is 11.7. The summed E-state index contributed by atoms with van der Waals surface area (Å²) in [5, 5.41) is 11.2. The number of hydrogen-bond acceptors (Lipinski definition) is 5. The largest absolute Gasteiger partial charge is 0.411 e. The lowest BCUT2D eigenvalue weighted by molar-refractivity contribution is -0.172. The highest BCUT2D eigenvalue weighted by Crippen LogP contribution is 2.14. The van der Waals surface area contributed by atoms with Gasteiger partial charge < -0.3 is 10.1 Å². The smallest absolute Gasteiger partial charge is 0.370 e. The molecule has 0 amide bonds. The summed E-state index contributed by atoms with van der Waals surface area (Å²) in [7, 11) is 0. The molecule has 0 aliphatic rings. The predicted molar refractivity (Wildman–Crippen MR) is 52.1 cm³/mol. The zero-order chi connectivity index (χ0) is 12.7. The number of alkyl halides is 3. The summed E-state index contributed by atoms with van der Waals surface area (Å²) in [6.07, 6.45) is -2.94. The Hall–Kier alpha value is -1.88. The second-order valence-electron chi connectivity index (χ2n) is 2.97. The number of anilines is 1. The first-order valence-corrected chi connectivity index (χ1v) is 4.63. The molecule has 0 aromatic carbocycles. The summed E-state index contributed by atoms with van der Waals surface area (Å²) in [5.74, 6) is 0.180. The molecular weight excluding hydrogens is 237 g/mol. The number of nitrogens with one attached hydrogen (secondary N) is 1. The van der Waals surface area contributed by atoms with Crippen LogP contribution in [0.25, 0.3) is 0 Å². The van der Waals surface area contributed by atoms with Crippen molar-refractivity contribution in [3.8, 4) is 6.07 Å². The maximum Gasteiger partial charge on any atom is 0.411 e. The van der Waals surface area contributed by atoms with Gasteiger partial charge in [-0.25, -0.2) is 9.97 Å². The number of halogens is 3. The molecule has 1 aromatic heterocycles. The van der Waals surface area contributed by atoms with E-state index >= 15 is 0 Å².